The SMILES string of the molecule is Cl.Nc1csc(C23CC4CC(CC(C4)C2)C3)n1. The predicted octanol–water partition coefficient (Wildman–Crippen LogP) is 3.61. The first-order chi connectivity index (χ1) is 7.73. The average molecular weight is 271 g/mol. The summed E-state index contributed by atoms with van der Waals surface area (Å²) in [5.41, 5.74) is 6.24. The van der Waals surface area contributed by atoms with Crippen LogP contribution in [-0.4, -0.2) is 4.98 Å². The molecule has 0 saturated heterocycles. The molecule has 4 aliphatic carbocycles. The van der Waals surface area contributed by atoms with Crippen molar-refractivity contribution in [1.29, 1.82) is 0 Å². The third-order valence-electron chi connectivity index (χ3n) is 5.01. The van der Waals surface area contributed by atoms with E-state index in [0.29, 0.717) is 5.41 Å². The van der Waals surface area contributed by atoms with Crippen LogP contribution in [0, 0.1) is 17.8 Å². The first-order valence-electron chi connectivity index (χ1n) is 6.45. The smallest absolute Gasteiger partial charge is 0.134 e. The van der Waals surface area contributed by atoms with E-state index in [-0.39, 0.29) is 12.4 Å². The molecule has 0 radical (unpaired) electrons. The minimum absolute atomic E-state index is 0. The van der Waals surface area contributed by atoms with Crippen molar-refractivity contribution in [2.24, 2.45) is 17.8 Å². The van der Waals surface area contributed by atoms with E-state index in [2.05, 4.69) is 4.98 Å². The number of aromatic nitrogens is 1. The zero-order chi connectivity index (χ0) is 10.8. The van der Waals surface area contributed by atoms with Gasteiger partial charge in [0.1, 0.15) is 10.8 Å². The lowest BCUT2D eigenvalue weighted by Crippen LogP contribution is -2.48. The Morgan fingerprint density at radius 3 is 2.06 bits per heavy atom. The maximum Gasteiger partial charge on any atom is 0.134 e. The van der Waals surface area contributed by atoms with Crippen molar-refractivity contribution in [1.82, 2.24) is 4.98 Å². The Kier molecular flexibility index (Phi) is 2.67. The maximum atomic E-state index is 5.80. The molecule has 1 aromatic rings. The van der Waals surface area contributed by atoms with Gasteiger partial charge in [0.15, 0.2) is 0 Å². The molecule has 0 spiro atoms. The molecular weight excluding hydrogens is 252 g/mol. The molecule has 17 heavy (non-hydrogen) atoms. The highest BCUT2D eigenvalue weighted by Gasteiger charge is 2.52. The molecule has 0 aromatic carbocycles. The summed E-state index contributed by atoms with van der Waals surface area (Å²) in [6.07, 6.45) is 8.68. The number of rotatable bonds is 1. The molecule has 0 amide bonds. The number of hydrogen-bond acceptors (Lipinski definition) is 3. The molecule has 4 heteroatoms. The van der Waals surface area contributed by atoms with Crippen molar-refractivity contribution < 1.29 is 0 Å². The van der Waals surface area contributed by atoms with Crippen LogP contribution in [-0.2, 0) is 5.41 Å². The van der Waals surface area contributed by atoms with Crippen LogP contribution in [0.3, 0.4) is 0 Å². The summed E-state index contributed by atoms with van der Waals surface area (Å²) in [4.78, 5) is 4.60. The van der Waals surface area contributed by atoms with Gasteiger partial charge in [-0.1, -0.05) is 0 Å². The minimum atomic E-state index is 0. The zero-order valence-electron chi connectivity index (χ0n) is 9.89. The molecule has 1 aromatic heterocycles. The molecule has 2 N–H and O–H groups in total. The van der Waals surface area contributed by atoms with E-state index < -0.39 is 0 Å². The molecule has 0 aliphatic heterocycles. The summed E-state index contributed by atoms with van der Waals surface area (Å²) < 4.78 is 0. The van der Waals surface area contributed by atoms with Crippen molar-refractivity contribution in [3.8, 4) is 0 Å². The van der Waals surface area contributed by atoms with Gasteiger partial charge in [-0.05, 0) is 56.3 Å². The van der Waals surface area contributed by atoms with E-state index in [4.69, 9.17) is 5.73 Å². The van der Waals surface area contributed by atoms with Crippen molar-refractivity contribution >= 4 is 29.6 Å². The molecule has 2 nitrogen and oxygen atoms in total. The van der Waals surface area contributed by atoms with Crippen molar-refractivity contribution in [2.75, 3.05) is 5.73 Å². The van der Waals surface area contributed by atoms with E-state index in [1.54, 1.807) is 11.3 Å². The van der Waals surface area contributed by atoms with E-state index in [0.717, 1.165) is 23.6 Å². The molecule has 0 unspecified atom stereocenters. The Labute approximate surface area is 112 Å². The lowest BCUT2D eigenvalue weighted by molar-refractivity contribution is -0.00523. The van der Waals surface area contributed by atoms with Crippen LogP contribution in [0.25, 0.3) is 0 Å². The quantitative estimate of drug-likeness (QED) is 0.847. The van der Waals surface area contributed by atoms with E-state index >= 15 is 0 Å². The van der Waals surface area contributed by atoms with E-state index in [1.807, 2.05) is 5.38 Å². The highest BCUT2D eigenvalue weighted by molar-refractivity contribution is 7.10. The van der Waals surface area contributed by atoms with Crippen LogP contribution >= 0.6 is 23.7 Å². The first-order valence-corrected chi connectivity index (χ1v) is 7.33. The largest absolute Gasteiger partial charge is 0.383 e. The Bertz CT molecular complexity index is 394. The minimum Gasteiger partial charge on any atom is -0.383 e. The first kappa shape index (κ1) is 11.8. The highest BCUT2D eigenvalue weighted by atomic mass is 35.5. The fourth-order valence-electron chi connectivity index (χ4n) is 4.90. The molecular formula is C13H19ClN2S. The summed E-state index contributed by atoms with van der Waals surface area (Å²) in [5.74, 6) is 3.72. The van der Waals surface area contributed by atoms with Crippen LogP contribution in [0.2, 0.25) is 0 Å². The molecule has 4 aliphatic rings. The highest BCUT2D eigenvalue weighted by Crippen LogP contribution is 2.61. The molecule has 4 fully saturated rings. The number of nitrogens with two attached hydrogens (primary N) is 1. The number of nitrogens with zero attached hydrogens (tertiary/aromatic N) is 1. The predicted molar refractivity (Wildman–Crippen MR) is 73.6 cm³/mol. The second-order valence-electron chi connectivity index (χ2n) is 6.28. The molecule has 5 rings (SSSR count). The summed E-state index contributed by atoms with van der Waals surface area (Å²) >= 11 is 1.80. The van der Waals surface area contributed by atoms with E-state index in [9.17, 15) is 0 Å². The maximum absolute atomic E-state index is 5.80. The molecule has 1 heterocycles. The monoisotopic (exact) mass is 270 g/mol. The van der Waals surface area contributed by atoms with Gasteiger partial charge in [0.05, 0.1) is 0 Å². The van der Waals surface area contributed by atoms with Crippen molar-refractivity contribution in [3.63, 3.8) is 0 Å². The van der Waals surface area contributed by atoms with Gasteiger partial charge in [-0.2, -0.15) is 0 Å². The summed E-state index contributed by atoms with van der Waals surface area (Å²) in [7, 11) is 0. The van der Waals surface area contributed by atoms with Crippen molar-refractivity contribution in [2.45, 2.75) is 43.9 Å². The molecule has 4 bridgehead atoms. The van der Waals surface area contributed by atoms with Crippen LogP contribution in [0.1, 0.15) is 43.5 Å². The van der Waals surface area contributed by atoms with Crippen LogP contribution < -0.4 is 5.73 Å². The van der Waals surface area contributed by atoms with Crippen LogP contribution in [0.5, 0.6) is 0 Å². The van der Waals surface area contributed by atoms with Gasteiger partial charge in [0.25, 0.3) is 0 Å². The van der Waals surface area contributed by atoms with Crippen LogP contribution in [0.4, 0.5) is 5.82 Å². The third kappa shape index (κ3) is 1.70. The number of nitrogen functional groups attached to an aromatic ring is 1. The summed E-state index contributed by atoms with van der Waals surface area (Å²) in [5, 5.41) is 3.37. The fraction of sp³-hybridized carbons (Fsp3) is 0.769. The van der Waals surface area contributed by atoms with E-state index in [1.165, 1.54) is 43.5 Å². The number of halogens is 1. The average Bonchev–Trinajstić information content (AvgIpc) is 2.63. The number of thiazole rings is 1. The Morgan fingerprint density at radius 2 is 1.65 bits per heavy atom. The Balaban J connectivity index is 0.000000902. The fourth-order valence-corrected chi connectivity index (χ4v) is 5.85. The lowest BCUT2D eigenvalue weighted by atomic mass is 9.50. The normalized spacial score (nSPS) is 42.5. The van der Waals surface area contributed by atoms with Gasteiger partial charge in [-0.15, -0.1) is 23.7 Å². The topological polar surface area (TPSA) is 38.9 Å². The lowest BCUT2D eigenvalue weighted by Gasteiger charge is -2.56. The van der Waals surface area contributed by atoms with Gasteiger partial charge in [-0.25, -0.2) is 4.98 Å². The van der Waals surface area contributed by atoms with Gasteiger partial charge < -0.3 is 5.73 Å². The number of hydrogen-bond donors (Lipinski definition) is 1. The second-order valence-corrected chi connectivity index (χ2v) is 7.13. The van der Waals surface area contributed by atoms with Crippen molar-refractivity contribution in [3.05, 3.63) is 10.4 Å². The number of anilines is 1. The molecule has 4 saturated carbocycles. The Morgan fingerprint density at radius 1 is 1.12 bits per heavy atom. The standard InChI is InChI=1S/C13H18N2S.ClH/c14-11-7-16-12(15-11)13-4-8-1-9(5-13)3-10(2-8)6-13;/h7-10H,1-6,14H2;1H. The van der Waals surface area contributed by atoms with Gasteiger partial charge in [0, 0.05) is 10.8 Å². The van der Waals surface area contributed by atoms with Gasteiger partial charge in [0.2, 0.25) is 0 Å². The zero-order valence-corrected chi connectivity index (χ0v) is 11.5. The Hall–Kier alpha value is -0.280. The molecule has 94 valence electrons. The molecule has 0 atom stereocenters. The second kappa shape index (κ2) is 3.86. The summed E-state index contributed by atoms with van der Waals surface area (Å²) in [6.45, 7) is 0. The summed E-state index contributed by atoms with van der Waals surface area (Å²) in [6, 6.07) is 0. The van der Waals surface area contributed by atoms with Crippen LogP contribution in [0.15, 0.2) is 5.38 Å². The van der Waals surface area contributed by atoms with Gasteiger partial charge >= 0.3 is 0 Å². The third-order valence-corrected chi connectivity index (χ3v) is 6.12. The van der Waals surface area contributed by atoms with Gasteiger partial charge in [-0.3, -0.25) is 0 Å².